The Bertz CT molecular complexity index is 513. The van der Waals surface area contributed by atoms with Gasteiger partial charge in [0, 0.05) is 18.7 Å². The first kappa shape index (κ1) is 12.9. The predicted molar refractivity (Wildman–Crippen MR) is 57.8 cm³/mol. The zero-order valence-corrected chi connectivity index (χ0v) is 9.41. The van der Waals surface area contributed by atoms with Gasteiger partial charge in [-0.2, -0.15) is 0 Å². The molecule has 1 aliphatic rings. The van der Waals surface area contributed by atoms with Crippen LogP contribution in [0.3, 0.4) is 0 Å². The molecule has 1 aromatic heterocycles. The number of nitrogens with zero attached hydrogens (tertiary/aromatic N) is 1. The topological polar surface area (TPSA) is 93.6 Å². The molecule has 2 heterocycles. The number of H-pyrrole nitrogens is 1. The summed E-state index contributed by atoms with van der Waals surface area (Å²) in [6.07, 6.45) is -0.772. The standard InChI is InChI=1S/C10H13FN2O5/c11-5-17-4-7-6(14)3-9(18-7)13-2-1-8(15)12-10(13)16/h1-2,6-7,9,14H,3-5H2,(H,12,15,16)/t6-,7+,9+/m0/s1. The number of aliphatic hydroxyl groups is 1. The second kappa shape index (κ2) is 5.42. The van der Waals surface area contributed by atoms with Crippen LogP contribution in [-0.2, 0) is 9.47 Å². The van der Waals surface area contributed by atoms with E-state index in [-0.39, 0.29) is 13.0 Å². The van der Waals surface area contributed by atoms with E-state index in [1.165, 1.54) is 16.8 Å². The molecule has 0 bridgehead atoms. The van der Waals surface area contributed by atoms with E-state index in [2.05, 4.69) is 9.72 Å². The summed E-state index contributed by atoms with van der Waals surface area (Å²) < 4.78 is 22.9. The van der Waals surface area contributed by atoms with Crippen LogP contribution >= 0.6 is 0 Å². The van der Waals surface area contributed by atoms with Gasteiger partial charge in [0.2, 0.25) is 0 Å². The highest BCUT2D eigenvalue weighted by Crippen LogP contribution is 2.27. The van der Waals surface area contributed by atoms with Crippen molar-refractivity contribution in [1.82, 2.24) is 9.55 Å². The van der Waals surface area contributed by atoms with Gasteiger partial charge in [0.1, 0.15) is 12.3 Å². The van der Waals surface area contributed by atoms with E-state index < -0.39 is 36.5 Å². The van der Waals surface area contributed by atoms with Crippen LogP contribution in [0.1, 0.15) is 12.6 Å². The molecule has 0 saturated carbocycles. The van der Waals surface area contributed by atoms with Gasteiger partial charge in [-0.15, -0.1) is 0 Å². The zero-order valence-electron chi connectivity index (χ0n) is 9.41. The molecule has 3 atom stereocenters. The second-order valence-electron chi connectivity index (χ2n) is 3.93. The van der Waals surface area contributed by atoms with Crippen LogP contribution in [0.2, 0.25) is 0 Å². The van der Waals surface area contributed by atoms with Crippen molar-refractivity contribution in [1.29, 1.82) is 0 Å². The van der Waals surface area contributed by atoms with E-state index in [0.29, 0.717) is 0 Å². The number of alkyl halides is 1. The molecule has 0 amide bonds. The van der Waals surface area contributed by atoms with E-state index in [0.717, 1.165) is 0 Å². The molecule has 1 aromatic rings. The SMILES string of the molecule is O=c1ccn([C@H]2C[C@H](O)[C@@H](COCF)O2)c(=O)[nH]1. The number of aromatic nitrogens is 2. The third-order valence-electron chi connectivity index (χ3n) is 2.72. The minimum absolute atomic E-state index is 0.0910. The van der Waals surface area contributed by atoms with Crippen LogP contribution in [0.4, 0.5) is 4.39 Å². The van der Waals surface area contributed by atoms with Gasteiger partial charge in [-0.1, -0.05) is 0 Å². The summed E-state index contributed by atoms with van der Waals surface area (Å²) in [5.74, 6) is 0. The quantitative estimate of drug-likeness (QED) is 0.734. The minimum Gasteiger partial charge on any atom is -0.390 e. The van der Waals surface area contributed by atoms with Crippen molar-refractivity contribution in [3.8, 4) is 0 Å². The van der Waals surface area contributed by atoms with Gasteiger partial charge >= 0.3 is 5.69 Å². The highest BCUT2D eigenvalue weighted by atomic mass is 19.1. The van der Waals surface area contributed by atoms with Crippen LogP contribution in [0, 0.1) is 0 Å². The van der Waals surface area contributed by atoms with Crippen molar-refractivity contribution in [3.05, 3.63) is 33.1 Å². The Morgan fingerprint density at radius 1 is 1.61 bits per heavy atom. The molecule has 18 heavy (non-hydrogen) atoms. The number of ether oxygens (including phenoxy) is 2. The lowest BCUT2D eigenvalue weighted by Gasteiger charge is -2.15. The van der Waals surface area contributed by atoms with Crippen LogP contribution in [0.15, 0.2) is 21.9 Å². The first-order chi connectivity index (χ1) is 8.61. The average molecular weight is 260 g/mol. The lowest BCUT2D eigenvalue weighted by molar-refractivity contribution is -0.0768. The number of hydrogen-bond donors (Lipinski definition) is 2. The molecular formula is C10H13FN2O5. The maximum absolute atomic E-state index is 11.8. The lowest BCUT2D eigenvalue weighted by atomic mass is 10.2. The molecule has 1 fully saturated rings. The summed E-state index contributed by atoms with van der Waals surface area (Å²) >= 11 is 0. The van der Waals surface area contributed by atoms with Gasteiger partial charge in [-0.3, -0.25) is 14.3 Å². The molecule has 7 nitrogen and oxygen atoms in total. The summed E-state index contributed by atoms with van der Waals surface area (Å²) in [7, 11) is 0. The molecule has 2 rings (SSSR count). The molecule has 0 spiro atoms. The highest BCUT2D eigenvalue weighted by molar-refractivity contribution is 4.88. The maximum atomic E-state index is 11.8. The molecule has 0 radical (unpaired) electrons. The fourth-order valence-corrected chi connectivity index (χ4v) is 1.85. The monoisotopic (exact) mass is 260 g/mol. The summed E-state index contributed by atoms with van der Waals surface area (Å²) in [6.45, 7) is -1.05. The zero-order chi connectivity index (χ0) is 13.1. The van der Waals surface area contributed by atoms with Crippen LogP contribution in [-0.4, -0.2) is 40.3 Å². The third-order valence-corrected chi connectivity index (χ3v) is 2.72. The normalized spacial score (nSPS) is 27.6. The molecule has 0 aromatic carbocycles. The van der Waals surface area contributed by atoms with E-state index in [9.17, 15) is 19.1 Å². The number of halogens is 1. The summed E-state index contributed by atoms with van der Waals surface area (Å²) in [6, 6.07) is 1.18. The van der Waals surface area contributed by atoms with Gasteiger partial charge in [0.25, 0.3) is 5.56 Å². The third kappa shape index (κ3) is 2.66. The first-order valence-corrected chi connectivity index (χ1v) is 5.40. The molecule has 2 N–H and O–H groups in total. The summed E-state index contributed by atoms with van der Waals surface area (Å²) in [5, 5.41) is 9.68. The van der Waals surface area contributed by atoms with Crippen LogP contribution < -0.4 is 11.2 Å². The van der Waals surface area contributed by atoms with Crippen molar-refractivity contribution in [2.24, 2.45) is 0 Å². The van der Waals surface area contributed by atoms with E-state index >= 15 is 0 Å². The van der Waals surface area contributed by atoms with Crippen molar-refractivity contribution in [2.75, 3.05) is 13.5 Å². The lowest BCUT2D eigenvalue weighted by Crippen LogP contribution is -2.31. The summed E-state index contributed by atoms with van der Waals surface area (Å²) in [4.78, 5) is 24.5. The maximum Gasteiger partial charge on any atom is 0.330 e. The Kier molecular flexibility index (Phi) is 3.90. The Labute approximate surface area is 101 Å². The molecule has 1 saturated heterocycles. The van der Waals surface area contributed by atoms with Crippen molar-refractivity contribution >= 4 is 0 Å². The average Bonchev–Trinajstić information content (AvgIpc) is 2.68. The highest BCUT2D eigenvalue weighted by Gasteiger charge is 2.35. The largest absolute Gasteiger partial charge is 0.390 e. The van der Waals surface area contributed by atoms with Gasteiger partial charge in [-0.05, 0) is 0 Å². The Morgan fingerprint density at radius 3 is 3.06 bits per heavy atom. The smallest absolute Gasteiger partial charge is 0.330 e. The predicted octanol–water partition coefficient (Wildman–Crippen LogP) is -0.871. The first-order valence-electron chi connectivity index (χ1n) is 5.40. The van der Waals surface area contributed by atoms with Gasteiger partial charge < -0.3 is 14.6 Å². The van der Waals surface area contributed by atoms with Gasteiger partial charge in [0.15, 0.2) is 6.86 Å². The number of aliphatic hydroxyl groups excluding tert-OH is 1. The molecule has 0 unspecified atom stereocenters. The molecule has 0 aliphatic carbocycles. The fourth-order valence-electron chi connectivity index (χ4n) is 1.85. The summed E-state index contributed by atoms with van der Waals surface area (Å²) in [5.41, 5.74) is -1.13. The molecule has 1 aliphatic heterocycles. The number of hydrogen-bond acceptors (Lipinski definition) is 5. The van der Waals surface area contributed by atoms with Crippen molar-refractivity contribution in [3.63, 3.8) is 0 Å². The second-order valence-corrected chi connectivity index (χ2v) is 3.93. The van der Waals surface area contributed by atoms with Crippen LogP contribution in [0.25, 0.3) is 0 Å². The van der Waals surface area contributed by atoms with E-state index in [1.807, 2.05) is 0 Å². The number of aromatic amines is 1. The van der Waals surface area contributed by atoms with Gasteiger partial charge in [0.05, 0.1) is 12.7 Å². The Morgan fingerprint density at radius 2 is 2.39 bits per heavy atom. The molecule has 8 heteroatoms. The Hall–Kier alpha value is -1.51. The van der Waals surface area contributed by atoms with Gasteiger partial charge in [-0.25, -0.2) is 9.18 Å². The Balaban J connectivity index is 2.11. The van der Waals surface area contributed by atoms with E-state index in [1.54, 1.807) is 0 Å². The fraction of sp³-hybridized carbons (Fsp3) is 0.600. The molecular weight excluding hydrogens is 247 g/mol. The van der Waals surface area contributed by atoms with Crippen LogP contribution in [0.5, 0.6) is 0 Å². The van der Waals surface area contributed by atoms with Crippen molar-refractivity contribution < 1.29 is 19.0 Å². The molecule has 100 valence electrons. The number of rotatable bonds is 4. The minimum atomic E-state index is -0.962. The van der Waals surface area contributed by atoms with Crippen molar-refractivity contribution in [2.45, 2.75) is 24.9 Å². The van der Waals surface area contributed by atoms with E-state index in [4.69, 9.17) is 4.74 Å². The number of nitrogens with one attached hydrogen (secondary N) is 1.